The summed E-state index contributed by atoms with van der Waals surface area (Å²) >= 11 is 0. The number of aliphatic hydroxyl groups excluding tert-OH is 1. The number of nitrogens with one attached hydrogen (secondary N) is 2. The number of amides is 1. The van der Waals surface area contributed by atoms with Gasteiger partial charge in [0.1, 0.15) is 12.4 Å². The molecular formula is C17H19FN2O2. The first kappa shape index (κ1) is 16.0. The Hall–Kier alpha value is -2.40. The van der Waals surface area contributed by atoms with Crippen molar-refractivity contribution in [2.45, 2.75) is 19.9 Å². The Morgan fingerprint density at radius 1 is 1.23 bits per heavy atom. The maximum atomic E-state index is 13.6. The minimum absolute atomic E-state index is 0.0844. The Labute approximate surface area is 129 Å². The molecule has 0 aliphatic heterocycles. The Morgan fingerprint density at radius 2 is 1.95 bits per heavy atom. The summed E-state index contributed by atoms with van der Waals surface area (Å²) in [5.41, 5.74) is 2.84. The van der Waals surface area contributed by atoms with Crippen molar-refractivity contribution in [3.05, 3.63) is 59.4 Å². The highest BCUT2D eigenvalue weighted by Crippen LogP contribution is 2.23. The number of carbonyl (C=O) groups is 1. The van der Waals surface area contributed by atoms with Gasteiger partial charge in [-0.05, 0) is 49.2 Å². The fraction of sp³-hybridized carbons (Fsp3) is 0.235. The van der Waals surface area contributed by atoms with Gasteiger partial charge in [0.15, 0.2) is 0 Å². The number of hydrogen-bond donors (Lipinski definition) is 3. The lowest BCUT2D eigenvalue weighted by atomic mass is 10.1. The fourth-order valence-corrected chi connectivity index (χ4v) is 2.10. The van der Waals surface area contributed by atoms with Crippen LogP contribution in [0.4, 0.5) is 15.8 Å². The highest BCUT2D eigenvalue weighted by molar-refractivity contribution is 5.91. The normalized spacial score (nSPS) is 11.8. The highest BCUT2D eigenvalue weighted by atomic mass is 19.1. The third-order valence-corrected chi connectivity index (χ3v) is 3.37. The molecule has 1 atom stereocenters. The van der Waals surface area contributed by atoms with Gasteiger partial charge >= 0.3 is 0 Å². The number of carbonyl (C=O) groups excluding carboxylic acids is 1. The van der Waals surface area contributed by atoms with E-state index in [-0.39, 0.29) is 11.9 Å². The third-order valence-electron chi connectivity index (χ3n) is 3.37. The van der Waals surface area contributed by atoms with Gasteiger partial charge in [-0.1, -0.05) is 18.2 Å². The van der Waals surface area contributed by atoms with E-state index < -0.39 is 12.5 Å². The Bertz CT molecular complexity index is 673. The lowest BCUT2D eigenvalue weighted by Gasteiger charge is -2.17. The molecule has 2 rings (SSSR count). The van der Waals surface area contributed by atoms with Gasteiger partial charge < -0.3 is 15.7 Å². The van der Waals surface area contributed by atoms with Crippen LogP contribution < -0.4 is 10.6 Å². The van der Waals surface area contributed by atoms with Crippen molar-refractivity contribution in [2.75, 3.05) is 17.2 Å². The number of hydrogen-bond acceptors (Lipinski definition) is 3. The average molecular weight is 302 g/mol. The summed E-state index contributed by atoms with van der Waals surface area (Å²) in [6.07, 6.45) is 0. The molecule has 2 aromatic carbocycles. The van der Waals surface area contributed by atoms with Crippen LogP contribution in [0.15, 0.2) is 42.5 Å². The quantitative estimate of drug-likeness (QED) is 0.794. The van der Waals surface area contributed by atoms with E-state index in [2.05, 4.69) is 10.6 Å². The number of aliphatic hydroxyl groups is 1. The van der Waals surface area contributed by atoms with E-state index in [9.17, 15) is 9.18 Å². The van der Waals surface area contributed by atoms with Crippen molar-refractivity contribution in [3.63, 3.8) is 0 Å². The van der Waals surface area contributed by atoms with Crippen LogP contribution in [0, 0.1) is 12.7 Å². The van der Waals surface area contributed by atoms with Crippen LogP contribution in [-0.2, 0) is 4.79 Å². The first-order chi connectivity index (χ1) is 10.5. The van der Waals surface area contributed by atoms with E-state index in [1.807, 2.05) is 19.1 Å². The summed E-state index contributed by atoms with van der Waals surface area (Å²) in [4.78, 5) is 11.2. The van der Waals surface area contributed by atoms with Gasteiger partial charge in [-0.15, -0.1) is 0 Å². The second kappa shape index (κ2) is 7.04. The van der Waals surface area contributed by atoms with Crippen LogP contribution in [0.3, 0.4) is 0 Å². The summed E-state index contributed by atoms with van der Waals surface area (Å²) in [7, 11) is 0. The van der Waals surface area contributed by atoms with Crippen LogP contribution in [0.1, 0.15) is 24.1 Å². The van der Waals surface area contributed by atoms with E-state index in [4.69, 9.17) is 5.11 Å². The molecule has 5 heteroatoms. The molecule has 116 valence electrons. The van der Waals surface area contributed by atoms with Crippen LogP contribution in [0.2, 0.25) is 0 Å². The molecule has 4 nitrogen and oxygen atoms in total. The van der Waals surface area contributed by atoms with Gasteiger partial charge in [0, 0.05) is 17.4 Å². The largest absolute Gasteiger partial charge is 0.387 e. The summed E-state index contributed by atoms with van der Waals surface area (Å²) in [6.45, 7) is 3.10. The van der Waals surface area contributed by atoms with Crippen LogP contribution in [0.25, 0.3) is 0 Å². The summed E-state index contributed by atoms with van der Waals surface area (Å²) in [6, 6.07) is 12.2. The fourth-order valence-electron chi connectivity index (χ4n) is 2.10. The SMILES string of the molecule is Cc1ccc(C(C)Nc2cccc(NC(=O)CO)c2)cc1F. The summed E-state index contributed by atoms with van der Waals surface area (Å²) in [5, 5.41) is 14.6. The Kier molecular flexibility index (Phi) is 5.12. The van der Waals surface area contributed by atoms with Gasteiger partial charge in [-0.25, -0.2) is 4.39 Å². The Morgan fingerprint density at radius 3 is 2.64 bits per heavy atom. The minimum Gasteiger partial charge on any atom is -0.387 e. The molecule has 3 N–H and O–H groups in total. The zero-order valence-electron chi connectivity index (χ0n) is 12.6. The second-order valence-electron chi connectivity index (χ2n) is 5.16. The van der Waals surface area contributed by atoms with E-state index in [0.717, 1.165) is 11.3 Å². The molecule has 0 fully saturated rings. The molecule has 2 aromatic rings. The molecule has 22 heavy (non-hydrogen) atoms. The molecule has 0 aromatic heterocycles. The van der Waals surface area contributed by atoms with Gasteiger partial charge in [-0.2, -0.15) is 0 Å². The van der Waals surface area contributed by atoms with Crippen molar-refractivity contribution in [1.82, 2.24) is 0 Å². The minimum atomic E-state index is -0.559. The zero-order valence-corrected chi connectivity index (χ0v) is 12.6. The second-order valence-corrected chi connectivity index (χ2v) is 5.16. The first-order valence-electron chi connectivity index (χ1n) is 7.03. The zero-order chi connectivity index (χ0) is 16.1. The predicted molar refractivity (Wildman–Crippen MR) is 85.3 cm³/mol. The molecule has 0 spiro atoms. The molecule has 1 unspecified atom stereocenters. The molecule has 0 heterocycles. The standard InChI is InChI=1S/C17H19FN2O2/c1-11-6-7-13(8-16(11)18)12(2)19-14-4-3-5-15(9-14)20-17(22)10-21/h3-9,12,19,21H,10H2,1-2H3,(H,20,22). The van der Waals surface area contributed by atoms with E-state index in [1.165, 1.54) is 6.07 Å². The molecule has 1 amide bonds. The van der Waals surface area contributed by atoms with Crippen LogP contribution in [-0.4, -0.2) is 17.6 Å². The van der Waals surface area contributed by atoms with Crippen molar-refractivity contribution in [1.29, 1.82) is 0 Å². The van der Waals surface area contributed by atoms with Crippen molar-refractivity contribution >= 4 is 17.3 Å². The lowest BCUT2D eigenvalue weighted by Crippen LogP contribution is -2.15. The van der Waals surface area contributed by atoms with Gasteiger partial charge in [0.05, 0.1) is 0 Å². The topological polar surface area (TPSA) is 61.4 Å². The molecule has 0 saturated carbocycles. The molecule has 0 saturated heterocycles. The molecular weight excluding hydrogens is 283 g/mol. The van der Waals surface area contributed by atoms with Crippen molar-refractivity contribution in [2.24, 2.45) is 0 Å². The highest BCUT2D eigenvalue weighted by Gasteiger charge is 2.08. The number of rotatable bonds is 5. The summed E-state index contributed by atoms with van der Waals surface area (Å²) < 4.78 is 13.6. The van der Waals surface area contributed by atoms with Gasteiger partial charge in [0.25, 0.3) is 0 Å². The maximum Gasteiger partial charge on any atom is 0.250 e. The molecule has 0 bridgehead atoms. The average Bonchev–Trinajstić information content (AvgIpc) is 2.50. The third kappa shape index (κ3) is 4.05. The van der Waals surface area contributed by atoms with Crippen molar-refractivity contribution < 1.29 is 14.3 Å². The van der Waals surface area contributed by atoms with Gasteiger partial charge in [-0.3, -0.25) is 4.79 Å². The molecule has 0 aliphatic carbocycles. The predicted octanol–water partition coefficient (Wildman–Crippen LogP) is 3.24. The molecule has 0 radical (unpaired) electrons. The monoisotopic (exact) mass is 302 g/mol. The smallest absolute Gasteiger partial charge is 0.250 e. The van der Waals surface area contributed by atoms with E-state index in [1.54, 1.807) is 31.2 Å². The summed E-state index contributed by atoms with van der Waals surface area (Å²) in [5.74, 6) is -0.694. The number of benzene rings is 2. The molecule has 0 aliphatic rings. The van der Waals surface area contributed by atoms with Crippen LogP contribution in [0.5, 0.6) is 0 Å². The van der Waals surface area contributed by atoms with E-state index in [0.29, 0.717) is 11.3 Å². The number of aryl methyl sites for hydroxylation is 1. The maximum absolute atomic E-state index is 13.6. The van der Waals surface area contributed by atoms with E-state index >= 15 is 0 Å². The van der Waals surface area contributed by atoms with Crippen molar-refractivity contribution in [3.8, 4) is 0 Å². The Balaban J connectivity index is 2.10. The first-order valence-corrected chi connectivity index (χ1v) is 7.03. The van der Waals surface area contributed by atoms with Crippen LogP contribution >= 0.6 is 0 Å². The van der Waals surface area contributed by atoms with Gasteiger partial charge in [0.2, 0.25) is 5.91 Å². The number of anilines is 2. The number of halogens is 1. The lowest BCUT2D eigenvalue weighted by molar-refractivity contribution is -0.118.